The maximum atomic E-state index is 12.0. The van der Waals surface area contributed by atoms with Crippen LogP contribution < -0.4 is 10.6 Å². The summed E-state index contributed by atoms with van der Waals surface area (Å²) in [6, 6.07) is 8.30. The van der Waals surface area contributed by atoms with Crippen molar-refractivity contribution in [3.63, 3.8) is 0 Å². The molecule has 6 heteroatoms. The van der Waals surface area contributed by atoms with Crippen LogP contribution in [0.5, 0.6) is 0 Å². The van der Waals surface area contributed by atoms with E-state index >= 15 is 0 Å². The molecule has 0 bridgehead atoms. The quantitative estimate of drug-likeness (QED) is 0.680. The molecule has 2 amide bonds. The van der Waals surface area contributed by atoms with Gasteiger partial charge in [0.05, 0.1) is 6.33 Å². The molecule has 3 rings (SSSR count). The first-order chi connectivity index (χ1) is 12.8. The van der Waals surface area contributed by atoms with Crippen LogP contribution in [0.25, 0.3) is 0 Å². The summed E-state index contributed by atoms with van der Waals surface area (Å²) in [6.07, 6.45) is 10.1. The molecule has 1 aliphatic heterocycles. The molecular weight excluding hydrogens is 326 g/mol. The first-order valence-electron chi connectivity index (χ1n) is 9.58. The summed E-state index contributed by atoms with van der Waals surface area (Å²) >= 11 is 0. The Hall–Kier alpha value is -2.34. The molecule has 140 valence electrons. The largest absolute Gasteiger partial charge is 0.338 e. The number of unbranched alkanes of at least 4 members (excludes halogenated alkanes) is 1. The fourth-order valence-electron chi connectivity index (χ4n) is 3.34. The Morgan fingerprint density at radius 2 is 1.88 bits per heavy atom. The van der Waals surface area contributed by atoms with Gasteiger partial charge in [0.15, 0.2) is 0 Å². The molecule has 0 spiro atoms. The molecule has 0 saturated carbocycles. The van der Waals surface area contributed by atoms with Gasteiger partial charge in [0, 0.05) is 38.6 Å². The summed E-state index contributed by atoms with van der Waals surface area (Å²) in [5.74, 6) is 0. The summed E-state index contributed by atoms with van der Waals surface area (Å²) < 4.78 is 2.05. The Morgan fingerprint density at radius 3 is 2.65 bits per heavy atom. The minimum atomic E-state index is -0.0939. The standard InChI is InChI=1S/C20H29N5O/c26-20(22-9-3-4-13-25-14-10-21-17-25)23-15-18-7-1-2-8-19(18)16-24-11-5-6-12-24/h1-2,7-8,10,14,17H,3-6,9,11-13,15-16H2,(H2,22,23,26). The lowest BCUT2D eigenvalue weighted by Gasteiger charge is -2.17. The number of nitrogens with zero attached hydrogens (tertiary/aromatic N) is 3. The van der Waals surface area contributed by atoms with E-state index in [4.69, 9.17) is 0 Å². The zero-order valence-electron chi connectivity index (χ0n) is 15.4. The van der Waals surface area contributed by atoms with Crippen LogP contribution in [0.4, 0.5) is 4.79 Å². The maximum Gasteiger partial charge on any atom is 0.315 e. The Balaban J connectivity index is 1.34. The highest BCUT2D eigenvalue weighted by molar-refractivity contribution is 5.73. The van der Waals surface area contributed by atoms with Crippen molar-refractivity contribution in [1.29, 1.82) is 0 Å². The van der Waals surface area contributed by atoms with Crippen LogP contribution in [-0.2, 0) is 19.6 Å². The molecule has 26 heavy (non-hydrogen) atoms. The van der Waals surface area contributed by atoms with Gasteiger partial charge in [-0.1, -0.05) is 24.3 Å². The van der Waals surface area contributed by atoms with Crippen LogP contribution >= 0.6 is 0 Å². The van der Waals surface area contributed by atoms with Crippen molar-refractivity contribution in [3.05, 3.63) is 54.1 Å². The molecule has 1 saturated heterocycles. The van der Waals surface area contributed by atoms with Crippen LogP contribution in [0.15, 0.2) is 43.0 Å². The van der Waals surface area contributed by atoms with E-state index in [-0.39, 0.29) is 6.03 Å². The fourth-order valence-corrected chi connectivity index (χ4v) is 3.34. The Bertz CT molecular complexity index is 665. The molecule has 6 nitrogen and oxygen atoms in total. The minimum absolute atomic E-state index is 0.0939. The molecule has 2 heterocycles. The van der Waals surface area contributed by atoms with Gasteiger partial charge < -0.3 is 15.2 Å². The molecule has 2 aromatic rings. The van der Waals surface area contributed by atoms with Gasteiger partial charge in [-0.3, -0.25) is 4.90 Å². The Labute approximate surface area is 155 Å². The molecule has 0 unspecified atom stereocenters. The number of likely N-dealkylation sites (tertiary alicyclic amines) is 1. The number of benzene rings is 1. The smallest absolute Gasteiger partial charge is 0.315 e. The second-order valence-corrected chi connectivity index (χ2v) is 6.87. The zero-order valence-corrected chi connectivity index (χ0v) is 15.4. The molecule has 1 aliphatic rings. The average Bonchev–Trinajstić information content (AvgIpc) is 3.35. The van der Waals surface area contributed by atoms with Gasteiger partial charge in [-0.2, -0.15) is 0 Å². The summed E-state index contributed by atoms with van der Waals surface area (Å²) in [4.78, 5) is 18.5. The number of aromatic nitrogens is 2. The number of nitrogens with one attached hydrogen (secondary N) is 2. The average molecular weight is 355 g/mol. The van der Waals surface area contributed by atoms with Gasteiger partial charge in [0.25, 0.3) is 0 Å². The topological polar surface area (TPSA) is 62.2 Å². The number of carbonyl (C=O) groups is 1. The Morgan fingerprint density at radius 1 is 1.08 bits per heavy atom. The van der Waals surface area contributed by atoms with E-state index in [1.54, 1.807) is 6.20 Å². The van der Waals surface area contributed by atoms with E-state index in [9.17, 15) is 4.79 Å². The third kappa shape index (κ3) is 5.88. The van der Waals surface area contributed by atoms with Crippen molar-refractivity contribution >= 4 is 6.03 Å². The first-order valence-corrected chi connectivity index (χ1v) is 9.58. The van der Waals surface area contributed by atoms with Crippen LogP contribution in [-0.4, -0.2) is 40.1 Å². The highest BCUT2D eigenvalue weighted by Gasteiger charge is 2.13. The highest BCUT2D eigenvalue weighted by Crippen LogP contribution is 2.16. The van der Waals surface area contributed by atoms with E-state index in [0.29, 0.717) is 13.1 Å². The number of amides is 2. The van der Waals surface area contributed by atoms with Gasteiger partial charge >= 0.3 is 6.03 Å². The number of urea groups is 1. The normalized spacial score (nSPS) is 14.5. The van der Waals surface area contributed by atoms with Crippen LogP contribution in [0.2, 0.25) is 0 Å². The van der Waals surface area contributed by atoms with E-state index < -0.39 is 0 Å². The van der Waals surface area contributed by atoms with Crippen molar-refractivity contribution in [2.24, 2.45) is 0 Å². The number of carbonyl (C=O) groups excluding carboxylic acids is 1. The van der Waals surface area contributed by atoms with E-state index in [1.165, 1.54) is 37.1 Å². The lowest BCUT2D eigenvalue weighted by molar-refractivity contribution is 0.240. The number of aryl methyl sites for hydroxylation is 1. The van der Waals surface area contributed by atoms with Crippen molar-refractivity contribution < 1.29 is 4.79 Å². The van der Waals surface area contributed by atoms with Gasteiger partial charge in [0.2, 0.25) is 0 Å². The summed E-state index contributed by atoms with van der Waals surface area (Å²) in [6.45, 7) is 5.55. The molecule has 0 aliphatic carbocycles. The van der Waals surface area contributed by atoms with Crippen LogP contribution in [0.3, 0.4) is 0 Å². The second kappa shape index (κ2) is 9.97. The lowest BCUT2D eigenvalue weighted by atomic mass is 10.1. The lowest BCUT2D eigenvalue weighted by Crippen LogP contribution is -2.36. The van der Waals surface area contributed by atoms with E-state index in [0.717, 1.165) is 25.9 Å². The summed E-state index contributed by atoms with van der Waals surface area (Å²) in [5, 5.41) is 5.93. The zero-order chi connectivity index (χ0) is 18.0. The maximum absolute atomic E-state index is 12.0. The summed E-state index contributed by atoms with van der Waals surface area (Å²) in [7, 11) is 0. The third-order valence-electron chi connectivity index (χ3n) is 4.84. The number of imidazole rings is 1. The molecule has 0 atom stereocenters. The molecule has 0 radical (unpaired) electrons. The highest BCUT2D eigenvalue weighted by atomic mass is 16.2. The molecule has 1 aromatic heterocycles. The second-order valence-electron chi connectivity index (χ2n) is 6.87. The van der Waals surface area contributed by atoms with Gasteiger partial charge in [-0.25, -0.2) is 9.78 Å². The van der Waals surface area contributed by atoms with Gasteiger partial charge in [-0.05, 0) is 49.9 Å². The molecule has 1 aromatic carbocycles. The van der Waals surface area contributed by atoms with Crippen molar-refractivity contribution in [2.75, 3.05) is 19.6 Å². The minimum Gasteiger partial charge on any atom is -0.338 e. The van der Waals surface area contributed by atoms with E-state index in [1.807, 2.05) is 18.6 Å². The van der Waals surface area contributed by atoms with Crippen molar-refractivity contribution in [3.8, 4) is 0 Å². The van der Waals surface area contributed by atoms with Crippen LogP contribution in [0.1, 0.15) is 36.8 Å². The molecular formula is C20H29N5O. The van der Waals surface area contributed by atoms with Crippen molar-refractivity contribution in [1.82, 2.24) is 25.1 Å². The van der Waals surface area contributed by atoms with Gasteiger partial charge in [0.1, 0.15) is 0 Å². The predicted octanol–water partition coefficient (Wildman–Crippen LogP) is 2.76. The SMILES string of the molecule is O=C(NCCCCn1ccnc1)NCc1ccccc1CN1CCCC1. The number of hydrogen-bond acceptors (Lipinski definition) is 3. The van der Waals surface area contributed by atoms with Crippen LogP contribution in [0, 0.1) is 0 Å². The van der Waals surface area contributed by atoms with E-state index in [2.05, 4.69) is 43.3 Å². The fraction of sp³-hybridized carbons (Fsp3) is 0.500. The molecule has 1 fully saturated rings. The number of rotatable bonds is 9. The Kier molecular flexibility index (Phi) is 7.07. The third-order valence-corrected chi connectivity index (χ3v) is 4.84. The predicted molar refractivity (Wildman–Crippen MR) is 103 cm³/mol. The van der Waals surface area contributed by atoms with Gasteiger partial charge in [-0.15, -0.1) is 0 Å². The monoisotopic (exact) mass is 355 g/mol. The summed E-state index contributed by atoms with van der Waals surface area (Å²) in [5.41, 5.74) is 2.52. The number of hydrogen-bond donors (Lipinski definition) is 2. The van der Waals surface area contributed by atoms with Crippen molar-refractivity contribution in [2.45, 2.75) is 45.3 Å². The first kappa shape index (κ1) is 18.5. The molecule has 2 N–H and O–H groups in total.